The Hall–Kier alpha value is -2.35. The number of hydrogen-bond donors (Lipinski definition) is 1. The third-order valence-electron chi connectivity index (χ3n) is 4.76. The van der Waals surface area contributed by atoms with E-state index < -0.39 is 16.1 Å². The maximum atomic E-state index is 11.6. The Bertz CT molecular complexity index is 784. The summed E-state index contributed by atoms with van der Waals surface area (Å²) in [6, 6.07) is 4.56. The molecule has 1 saturated carbocycles. The molecule has 0 spiro atoms. The molecule has 1 heterocycles. The molecule has 2 fully saturated rings. The van der Waals surface area contributed by atoms with Gasteiger partial charge in [0.2, 0.25) is 0 Å². The number of benzene rings is 1. The normalized spacial score (nSPS) is 20.9. The van der Waals surface area contributed by atoms with Gasteiger partial charge in [-0.05, 0) is 42.3 Å². The van der Waals surface area contributed by atoms with Crippen LogP contribution in [0.3, 0.4) is 0 Å². The fraction of sp³-hybridized carbons (Fsp3) is 0.444. The molecule has 0 atom stereocenters. The zero-order valence-corrected chi connectivity index (χ0v) is 15.3. The van der Waals surface area contributed by atoms with Gasteiger partial charge in [-0.2, -0.15) is 0 Å². The predicted molar refractivity (Wildman–Crippen MR) is 98.9 cm³/mol. The summed E-state index contributed by atoms with van der Waals surface area (Å²) in [5.41, 5.74) is 0.375. The first kappa shape index (κ1) is 18.4. The van der Waals surface area contributed by atoms with Crippen molar-refractivity contribution in [1.29, 1.82) is 0 Å². The maximum absolute atomic E-state index is 11.6. The van der Waals surface area contributed by atoms with Crippen molar-refractivity contribution in [3.63, 3.8) is 0 Å². The van der Waals surface area contributed by atoms with Gasteiger partial charge in [0, 0.05) is 11.5 Å². The standard InChI is InChI=1S/C18H20N2O5S/c1-18(7-3-2-4-8-18)11-25-14-6-5-12(9-13(14)20(23)24)10-15-16(21)19-17(22)26-15/h5-6,9-10H,2-4,7-8,11H2,1H3,(H,19,21,22). The van der Waals surface area contributed by atoms with Gasteiger partial charge in [0.05, 0.1) is 16.4 Å². The Balaban J connectivity index is 1.79. The van der Waals surface area contributed by atoms with Crippen molar-refractivity contribution < 1.29 is 19.2 Å². The lowest BCUT2D eigenvalue weighted by molar-refractivity contribution is -0.386. The molecule has 8 heteroatoms. The minimum atomic E-state index is -0.493. The fourth-order valence-electron chi connectivity index (χ4n) is 3.26. The Labute approximate surface area is 155 Å². The monoisotopic (exact) mass is 376 g/mol. The van der Waals surface area contributed by atoms with E-state index in [2.05, 4.69) is 12.2 Å². The van der Waals surface area contributed by atoms with Crippen LogP contribution in [0.1, 0.15) is 44.6 Å². The lowest BCUT2D eigenvalue weighted by Crippen LogP contribution is -2.27. The molecule has 0 unspecified atom stereocenters. The summed E-state index contributed by atoms with van der Waals surface area (Å²) in [6.45, 7) is 2.60. The van der Waals surface area contributed by atoms with Crippen molar-refractivity contribution in [1.82, 2.24) is 5.32 Å². The minimum absolute atomic E-state index is 0.0473. The van der Waals surface area contributed by atoms with Crippen molar-refractivity contribution in [3.05, 3.63) is 38.8 Å². The molecule has 3 rings (SSSR count). The van der Waals surface area contributed by atoms with Crippen LogP contribution in [0.5, 0.6) is 5.75 Å². The highest BCUT2D eigenvalue weighted by Gasteiger charge is 2.29. The van der Waals surface area contributed by atoms with Gasteiger partial charge in [0.15, 0.2) is 5.75 Å². The van der Waals surface area contributed by atoms with Crippen LogP contribution in [0, 0.1) is 15.5 Å². The molecule has 1 aliphatic carbocycles. The molecular formula is C18H20N2O5S. The van der Waals surface area contributed by atoms with E-state index in [1.807, 2.05) is 0 Å². The Kier molecular flexibility index (Phi) is 5.31. The molecule has 0 radical (unpaired) electrons. The van der Waals surface area contributed by atoms with Gasteiger partial charge in [-0.3, -0.25) is 25.0 Å². The van der Waals surface area contributed by atoms with Crippen molar-refractivity contribution >= 4 is 34.7 Å². The van der Waals surface area contributed by atoms with Crippen LogP contribution >= 0.6 is 11.8 Å². The number of nitrogens with zero attached hydrogens (tertiary/aromatic N) is 1. The third kappa shape index (κ3) is 4.24. The summed E-state index contributed by atoms with van der Waals surface area (Å²) in [7, 11) is 0. The van der Waals surface area contributed by atoms with Crippen molar-refractivity contribution in [2.45, 2.75) is 39.0 Å². The molecule has 7 nitrogen and oxygen atoms in total. The summed E-state index contributed by atoms with van der Waals surface area (Å²) in [5.74, 6) is -0.267. The fourth-order valence-corrected chi connectivity index (χ4v) is 3.95. The average Bonchev–Trinajstić information content (AvgIpc) is 2.91. The first-order valence-electron chi connectivity index (χ1n) is 8.52. The number of nitrogens with one attached hydrogen (secondary N) is 1. The first-order chi connectivity index (χ1) is 12.4. The second kappa shape index (κ2) is 7.49. The molecule has 26 heavy (non-hydrogen) atoms. The number of imide groups is 1. The van der Waals surface area contributed by atoms with Gasteiger partial charge < -0.3 is 4.74 Å². The highest BCUT2D eigenvalue weighted by atomic mass is 32.2. The lowest BCUT2D eigenvalue weighted by atomic mass is 9.76. The van der Waals surface area contributed by atoms with Gasteiger partial charge >= 0.3 is 5.69 Å². The van der Waals surface area contributed by atoms with E-state index in [9.17, 15) is 19.7 Å². The quantitative estimate of drug-likeness (QED) is 0.468. The largest absolute Gasteiger partial charge is 0.486 e. The molecule has 1 aliphatic heterocycles. The zero-order chi connectivity index (χ0) is 18.7. The zero-order valence-electron chi connectivity index (χ0n) is 14.4. The highest BCUT2D eigenvalue weighted by Crippen LogP contribution is 2.38. The van der Waals surface area contributed by atoms with Crippen LogP contribution in [-0.4, -0.2) is 22.7 Å². The summed E-state index contributed by atoms with van der Waals surface area (Å²) in [6.07, 6.45) is 7.13. The van der Waals surface area contributed by atoms with E-state index in [4.69, 9.17) is 4.74 Å². The van der Waals surface area contributed by atoms with Crippen LogP contribution in [0.25, 0.3) is 6.08 Å². The van der Waals surface area contributed by atoms with Gasteiger partial charge in [-0.15, -0.1) is 0 Å². The molecule has 0 aromatic heterocycles. The Morgan fingerprint density at radius 3 is 2.65 bits per heavy atom. The second-order valence-corrected chi connectivity index (χ2v) is 8.01. The van der Waals surface area contributed by atoms with E-state index in [1.54, 1.807) is 12.1 Å². The van der Waals surface area contributed by atoms with Gasteiger partial charge in [-0.25, -0.2) is 0 Å². The number of rotatable bonds is 5. The van der Waals surface area contributed by atoms with Crippen LogP contribution in [0.15, 0.2) is 23.1 Å². The predicted octanol–water partition coefficient (Wildman–Crippen LogP) is 4.27. The Morgan fingerprint density at radius 1 is 1.31 bits per heavy atom. The second-order valence-electron chi connectivity index (χ2n) is 7.00. The van der Waals surface area contributed by atoms with E-state index in [-0.39, 0.29) is 21.8 Å². The lowest BCUT2D eigenvalue weighted by Gasteiger charge is -2.33. The van der Waals surface area contributed by atoms with Gasteiger partial charge in [0.1, 0.15) is 0 Å². The number of carbonyl (C=O) groups is 2. The van der Waals surface area contributed by atoms with Crippen molar-refractivity contribution in [2.75, 3.05) is 6.61 Å². The van der Waals surface area contributed by atoms with Crippen molar-refractivity contribution in [2.24, 2.45) is 5.41 Å². The van der Waals surface area contributed by atoms with Gasteiger partial charge in [0.25, 0.3) is 11.1 Å². The van der Waals surface area contributed by atoms with E-state index in [1.165, 1.54) is 18.6 Å². The first-order valence-corrected chi connectivity index (χ1v) is 9.34. The van der Waals surface area contributed by atoms with E-state index in [0.29, 0.717) is 12.2 Å². The number of carbonyl (C=O) groups excluding carboxylic acids is 2. The van der Waals surface area contributed by atoms with Crippen LogP contribution in [-0.2, 0) is 4.79 Å². The molecular weight excluding hydrogens is 356 g/mol. The summed E-state index contributed by atoms with van der Waals surface area (Å²) < 4.78 is 5.80. The topological polar surface area (TPSA) is 98.5 Å². The van der Waals surface area contributed by atoms with Crippen LogP contribution in [0.4, 0.5) is 10.5 Å². The number of ether oxygens (including phenoxy) is 1. The molecule has 2 aliphatic rings. The van der Waals surface area contributed by atoms with Crippen LogP contribution in [0.2, 0.25) is 0 Å². The molecule has 1 aromatic carbocycles. The molecule has 138 valence electrons. The van der Waals surface area contributed by atoms with E-state index in [0.717, 1.165) is 37.4 Å². The summed E-state index contributed by atoms with van der Waals surface area (Å²) in [5, 5.41) is 13.1. The maximum Gasteiger partial charge on any atom is 0.311 e. The Morgan fingerprint density at radius 2 is 2.04 bits per heavy atom. The summed E-state index contributed by atoms with van der Waals surface area (Å²) >= 11 is 0.776. The molecule has 0 bridgehead atoms. The minimum Gasteiger partial charge on any atom is -0.486 e. The van der Waals surface area contributed by atoms with Gasteiger partial charge in [-0.1, -0.05) is 32.3 Å². The van der Waals surface area contributed by atoms with E-state index >= 15 is 0 Å². The molecule has 2 amide bonds. The SMILES string of the molecule is CC1(COc2ccc(C=C3SC(=O)NC3=O)cc2[N+](=O)[O-])CCCCC1. The molecule has 1 N–H and O–H groups in total. The third-order valence-corrected chi connectivity index (χ3v) is 5.57. The smallest absolute Gasteiger partial charge is 0.311 e. The number of amides is 2. The number of thioether (sulfide) groups is 1. The molecule has 1 saturated heterocycles. The number of nitro groups is 1. The van der Waals surface area contributed by atoms with Crippen LogP contribution < -0.4 is 10.1 Å². The number of nitro benzene ring substituents is 1. The molecule has 1 aromatic rings. The summed E-state index contributed by atoms with van der Waals surface area (Å²) in [4.78, 5) is 34.0. The average molecular weight is 376 g/mol. The highest BCUT2D eigenvalue weighted by molar-refractivity contribution is 8.18. The number of hydrogen-bond acceptors (Lipinski definition) is 6. The van der Waals surface area contributed by atoms with Crippen molar-refractivity contribution in [3.8, 4) is 5.75 Å².